The van der Waals surface area contributed by atoms with Crippen LogP contribution in [-0.4, -0.2) is 54.8 Å². The molecule has 4 rings (SSSR count). The molecule has 0 unspecified atom stereocenters. The third-order valence-corrected chi connectivity index (χ3v) is 5.90. The van der Waals surface area contributed by atoms with Crippen molar-refractivity contribution in [3.05, 3.63) is 30.4 Å². The van der Waals surface area contributed by atoms with Crippen molar-refractivity contribution in [3.8, 4) is 17.2 Å². The molecule has 0 amide bonds. The monoisotopic (exact) mass is 459 g/mol. The quantitative estimate of drug-likeness (QED) is 0.503. The highest BCUT2D eigenvalue weighted by Gasteiger charge is 2.26. The molecule has 1 atom stereocenters. The maximum absolute atomic E-state index is 12.3. The molecule has 1 aliphatic carbocycles. The zero-order valence-corrected chi connectivity index (χ0v) is 18.4. The van der Waals surface area contributed by atoms with Gasteiger partial charge in [0.1, 0.15) is 0 Å². The summed E-state index contributed by atoms with van der Waals surface area (Å²) >= 11 is 0. The molecule has 0 spiro atoms. The predicted molar refractivity (Wildman–Crippen MR) is 117 cm³/mol. The van der Waals surface area contributed by atoms with Crippen LogP contribution >= 0.6 is 0 Å². The van der Waals surface area contributed by atoms with E-state index in [9.17, 15) is 13.9 Å². The van der Waals surface area contributed by atoms with Gasteiger partial charge in [-0.2, -0.15) is 19.1 Å². The number of hydrogen-bond donors (Lipinski definition) is 2. The molecule has 2 N–H and O–H groups in total. The van der Waals surface area contributed by atoms with Crippen LogP contribution in [0.1, 0.15) is 50.6 Å². The Labute approximate surface area is 190 Å². The Kier molecular flexibility index (Phi) is 7.15. The minimum atomic E-state index is -2.83. The Hall–Kier alpha value is -3.10. The van der Waals surface area contributed by atoms with Crippen molar-refractivity contribution in [2.75, 3.05) is 11.9 Å². The van der Waals surface area contributed by atoms with Gasteiger partial charge in [-0.05, 0) is 38.7 Å². The van der Waals surface area contributed by atoms with Crippen LogP contribution < -0.4 is 5.32 Å². The highest BCUT2D eigenvalue weighted by Crippen LogP contribution is 2.37. The second-order valence-electron chi connectivity index (χ2n) is 8.41. The summed E-state index contributed by atoms with van der Waals surface area (Å²) in [5.74, 6) is 0.544. The molecule has 0 aliphatic heterocycles. The largest absolute Gasteiger partial charge is 0.393 e. The number of aliphatic hydroxyl groups excluding tert-OH is 1. The van der Waals surface area contributed by atoms with Crippen molar-refractivity contribution < 1.29 is 18.6 Å². The summed E-state index contributed by atoms with van der Waals surface area (Å²) in [6, 6.07) is 3.80. The SMILES string of the molecule is C[C@@H](COC(F)F)Nc1ncc2c(-c3cnn(CCC#N)c3)cc([C@H]3CC[C@H](O)CC3)n2n1. The number of aliphatic hydroxyl groups is 1. The van der Waals surface area contributed by atoms with Gasteiger partial charge in [-0.15, -0.1) is 5.10 Å². The summed E-state index contributed by atoms with van der Waals surface area (Å²) in [7, 11) is 0. The molecule has 9 nitrogen and oxygen atoms in total. The number of aryl methyl sites for hydroxylation is 1. The Balaban J connectivity index is 1.67. The van der Waals surface area contributed by atoms with Crippen molar-refractivity contribution in [1.82, 2.24) is 24.4 Å². The summed E-state index contributed by atoms with van der Waals surface area (Å²) < 4.78 is 32.6. The number of hydrogen-bond acceptors (Lipinski definition) is 7. The molecule has 3 aromatic heterocycles. The van der Waals surface area contributed by atoms with Crippen molar-refractivity contribution in [1.29, 1.82) is 5.26 Å². The van der Waals surface area contributed by atoms with Crippen LogP contribution in [0, 0.1) is 11.3 Å². The Morgan fingerprint density at radius 3 is 2.82 bits per heavy atom. The van der Waals surface area contributed by atoms with Crippen LogP contribution in [0.3, 0.4) is 0 Å². The molecule has 33 heavy (non-hydrogen) atoms. The minimum Gasteiger partial charge on any atom is -0.393 e. The Morgan fingerprint density at radius 1 is 1.30 bits per heavy atom. The van der Waals surface area contributed by atoms with Crippen LogP contribution in [0.25, 0.3) is 16.6 Å². The highest BCUT2D eigenvalue weighted by molar-refractivity contribution is 5.81. The van der Waals surface area contributed by atoms with E-state index in [0.717, 1.165) is 48.0 Å². The van der Waals surface area contributed by atoms with Crippen molar-refractivity contribution in [2.45, 2.75) is 70.2 Å². The van der Waals surface area contributed by atoms with Gasteiger partial charge in [0.05, 0.1) is 49.7 Å². The zero-order valence-electron chi connectivity index (χ0n) is 18.4. The third-order valence-electron chi connectivity index (χ3n) is 5.90. The first-order valence-corrected chi connectivity index (χ1v) is 11.1. The fourth-order valence-electron chi connectivity index (χ4n) is 4.24. The van der Waals surface area contributed by atoms with Crippen LogP contribution in [0.5, 0.6) is 0 Å². The van der Waals surface area contributed by atoms with E-state index in [1.165, 1.54) is 0 Å². The van der Waals surface area contributed by atoms with Gasteiger partial charge in [0.25, 0.3) is 0 Å². The third kappa shape index (κ3) is 5.46. The van der Waals surface area contributed by atoms with Gasteiger partial charge in [-0.25, -0.2) is 9.50 Å². The lowest BCUT2D eigenvalue weighted by atomic mass is 9.85. The molecule has 1 saturated carbocycles. The topological polar surface area (TPSA) is 113 Å². The lowest BCUT2D eigenvalue weighted by Crippen LogP contribution is -2.25. The van der Waals surface area contributed by atoms with E-state index in [0.29, 0.717) is 18.9 Å². The first-order valence-electron chi connectivity index (χ1n) is 11.1. The first kappa shape index (κ1) is 23.1. The first-order chi connectivity index (χ1) is 15.9. The van der Waals surface area contributed by atoms with E-state index in [4.69, 9.17) is 5.26 Å². The van der Waals surface area contributed by atoms with Gasteiger partial charge >= 0.3 is 6.61 Å². The molecular weight excluding hydrogens is 432 g/mol. The van der Waals surface area contributed by atoms with Gasteiger partial charge in [0.2, 0.25) is 5.95 Å². The number of ether oxygens (including phenoxy) is 1. The average Bonchev–Trinajstić information content (AvgIpc) is 3.41. The smallest absolute Gasteiger partial charge is 0.345 e. The van der Waals surface area contributed by atoms with Crippen LogP contribution in [0.2, 0.25) is 0 Å². The molecule has 1 fully saturated rings. The maximum Gasteiger partial charge on any atom is 0.345 e. The summed E-state index contributed by atoms with van der Waals surface area (Å²) in [5, 5.41) is 30.8. The van der Waals surface area contributed by atoms with E-state index in [-0.39, 0.29) is 18.6 Å². The lowest BCUT2D eigenvalue weighted by molar-refractivity contribution is -0.130. The molecule has 0 bridgehead atoms. The normalized spacial score (nSPS) is 19.6. The summed E-state index contributed by atoms with van der Waals surface area (Å²) in [4.78, 5) is 4.39. The number of nitriles is 1. The highest BCUT2D eigenvalue weighted by atomic mass is 19.3. The molecule has 176 valence electrons. The minimum absolute atomic E-state index is 0.175. The summed E-state index contributed by atoms with van der Waals surface area (Å²) in [6.07, 6.45) is 8.63. The van der Waals surface area contributed by atoms with E-state index in [1.54, 1.807) is 24.0 Å². The number of alkyl halides is 2. The molecule has 1 aliphatic rings. The van der Waals surface area contributed by atoms with Gasteiger partial charge < -0.3 is 15.2 Å². The van der Waals surface area contributed by atoms with Gasteiger partial charge in [-0.1, -0.05) is 0 Å². The van der Waals surface area contributed by atoms with Gasteiger partial charge in [0.15, 0.2) is 0 Å². The molecule has 0 radical (unpaired) electrons. The number of anilines is 1. The van der Waals surface area contributed by atoms with Crippen LogP contribution in [-0.2, 0) is 11.3 Å². The van der Waals surface area contributed by atoms with Gasteiger partial charge in [-0.3, -0.25) is 4.68 Å². The predicted octanol–water partition coefficient (Wildman–Crippen LogP) is 3.56. The van der Waals surface area contributed by atoms with Crippen LogP contribution in [0.15, 0.2) is 24.7 Å². The van der Waals surface area contributed by atoms with Gasteiger partial charge in [0, 0.05) is 35.0 Å². The summed E-state index contributed by atoms with van der Waals surface area (Å²) in [5.41, 5.74) is 3.65. The average molecular weight is 460 g/mol. The standard InChI is InChI=1S/C22H27F2N7O2/c1-14(13-33-21(23)24)28-22-26-11-20-18(16-10-27-30(12-16)8-2-7-25)9-19(31(20)29-22)15-3-5-17(32)6-4-15/h9-12,14-15,17,21,32H,2-6,8,13H2,1H3,(H,28,29)/t14-,15-,17-/m0/s1. The molecule has 0 aromatic carbocycles. The summed E-state index contributed by atoms with van der Waals surface area (Å²) in [6.45, 7) is -0.771. The van der Waals surface area contributed by atoms with E-state index in [1.807, 2.05) is 10.7 Å². The lowest BCUT2D eigenvalue weighted by Gasteiger charge is -2.25. The van der Waals surface area contributed by atoms with Crippen LogP contribution in [0.4, 0.5) is 14.7 Å². The van der Waals surface area contributed by atoms with E-state index in [2.05, 4.69) is 37.4 Å². The number of nitrogens with zero attached hydrogens (tertiary/aromatic N) is 6. The number of halogens is 2. The maximum atomic E-state index is 12.3. The number of fused-ring (bicyclic) bond motifs is 1. The number of aromatic nitrogens is 5. The zero-order chi connectivity index (χ0) is 23.4. The van der Waals surface area contributed by atoms with Crippen molar-refractivity contribution in [2.24, 2.45) is 0 Å². The fourth-order valence-corrected chi connectivity index (χ4v) is 4.24. The Morgan fingerprint density at radius 2 is 2.09 bits per heavy atom. The molecule has 3 aromatic rings. The van der Waals surface area contributed by atoms with E-state index < -0.39 is 12.7 Å². The second-order valence-corrected chi connectivity index (χ2v) is 8.41. The molecule has 3 heterocycles. The molecule has 11 heteroatoms. The fraction of sp³-hybridized carbons (Fsp3) is 0.545. The van der Waals surface area contributed by atoms with E-state index >= 15 is 0 Å². The number of rotatable bonds is 9. The van der Waals surface area contributed by atoms with Crippen molar-refractivity contribution in [3.63, 3.8) is 0 Å². The molecular formula is C22H27F2N7O2. The van der Waals surface area contributed by atoms with Crippen molar-refractivity contribution >= 4 is 11.5 Å². The number of nitrogens with one attached hydrogen (secondary N) is 1. The Bertz CT molecular complexity index is 1120. The second kappa shape index (κ2) is 10.2. The molecule has 0 saturated heterocycles.